The number of hydrogen-bond donors (Lipinski definition) is 1. The zero-order chi connectivity index (χ0) is 11.4. The number of aliphatic carboxylic acids is 1. The molecule has 0 saturated heterocycles. The first-order valence-corrected chi connectivity index (χ1v) is 4.33. The Morgan fingerprint density at radius 1 is 1.50 bits per heavy atom. The summed E-state index contributed by atoms with van der Waals surface area (Å²) in [6.45, 7) is 8.58. The van der Waals surface area contributed by atoms with Crippen molar-refractivity contribution in [1.82, 2.24) is 0 Å². The van der Waals surface area contributed by atoms with Crippen LogP contribution < -0.4 is 0 Å². The molecule has 0 spiro atoms. The number of esters is 1. The predicted octanol–water partition coefficient (Wildman–Crippen LogP) is 1.60. The third-order valence-corrected chi connectivity index (χ3v) is 1.39. The summed E-state index contributed by atoms with van der Waals surface area (Å²) >= 11 is 0. The van der Waals surface area contributed by atoms with Gasteiger partial charge in [0, 0.05) is 0 Å². The van der Waals surface area contributed by atoms with Crippen molar-refractivity contribution in [3.63, 3.8) is 0 Å². The molecular weight excluding hydrogens is 184 g/mol. The average Bonchev–Trinajstić information content (AvgIpc) is 1.96. The summed E-state index contributed by atoms with van der Waals surface area (Å²) < 4.78 is 5.02. The fourth-order valence-electron chi connectivity index (χ4n) is 0.828. The molecule has 0 fully saturated rings. The van der Waals surface area contributed by atoms with Crippen LogP contribution >= 0.6 is 0 Å². The minimum atomic E-state index is -1.04. The summed E-state index contributed by atoms with van der Waals surface area (Å²) in [6, 6.07) is 0. The smallest absolute Gasteiger partial charge is 0.313 e. The summed E-state index contributed by atoms with van der Waals surface area (Å²) in [5.74, 6) is -2.36. The molecule has 0 aromatic rings. The van der Waals surface area contributed by atoms with E-state index < -0.39 is 23.5 Å². The van der Waals surface area contributed by atoms with E-state index in [2.05, 4.69) is 6.58 Å². The van der Waals surface area contributed by atoms with Crippen LogP contribution in [0.5, 0.6) is 0 Å². The summed E-state index contributed by atoms with van der Waals surface area (Å²) in [6.07, 6.45) is 1.01. The van der Waals surface area contributed by atoms with Crippen molar-refractivity contribution in [1.29, 1.82) is 0 Å². The molecule has 0 aromatic heterocycles. The lowest BCUT2D eigenvalue weighted by Crippen LogP contribution is -2.29. The largest absolute Gasteiger partial charge is 0.481 e. The molecule has 0 saturated carbocycles. The van der Waals surface area contributed by atoms with Crippen LogP contribution in [0.15, 0.2) is 12.7 Å². The summed E-state index contributed by atoms with van der Waals surface area (Å²) in [5, 5.41) is 8.51. The van der Waals surface area contributed by atoms with Gasteiger partial charge in [0.15, 0.2) is 0 Å². The molecule has 1 atom stereocenters. The minimum absolute atomic E-state index is 0.279. The average molecular weight is 200 g/mol. The normalized spacial score (nSPS) is 13.1. The van der Waals surface area contributed by atoms with Crippen molar-refractivity contribution in [2.45, 2.75) is 32.8 Å². The third-order valence-electron chi connectivity index (χ3n) is 1.39. The van der Waals surface area contributed by atoms with Crippen LogP contribution in [0.4, 0.5) is 0 Å². The second-order valence-corrected chi connectivity index (χ2v) is 3.97. The molecule has 1 N–H and O–H groups in total. The molecule has 0 aromatic carbocycles. The molecule has 0 heterocycles. The Morgan fingerprint density at radius 2 is 2.00 bits per heavy atom. The molecule has 0 aliphatic rings. The number of hydrogen-bond acceptors (Lipinski definition) is 3. The van der Waals surface area contributed by atoms with E-state index >= 15 is 0 Å². The molecule has 0 radical (unpaired) electrons. The van der Waals surface area contributed by atoms with E-state index in [0.717, 1.165) is 0 Å². The molecule has 1 unspecified atom stereocenters. The predicted molar refractivity (Wildman–Crippen MR) is 51.8 cm³/mol. The van der Waals surface area contributed by atoms with Gasteiger partial charge in [-0.25, -0.2) is 0 Å². The lowest BCUT2D eigenvalue weighted by Gasteiger charge is -2.21. The first-order valence-electron chi connectivity index (χ1n) is 4.33. The van der Waals surface area contributed by atoms with E-state index in [1.165, 1.54) is 6.08 Å². The Labute approximate surface area is 83.6 Å². The molecule has 14 heavy (non-hydrogen) atoms. The zero-order valence-corrected chi connectivity index (χ0v) is 8.74. The van der Waals surface area contributed by atoms with E-state index in [-0.39, 0.29) is 6.42 Å². The molecular formula is C10H16O4. The number of carbonyl (C=O) groups is 2. The Bertz CT molecular complexity index is 237. The van der Waals surface area contributed by atoms with Gasteiger partial charge in [0.05, 0.1) is 12.3 Å². The standard InChI is InChI=1S/C10H16O4/c1-5-7(6-8(11)12)9(13)14-10(2,3)4/h5,7H,1,6H2,2-4H3,(H,11,12). The molecule has 0 aliphatic heterocycles. The topological polar surface area (TPSA) is 63.6 Å². The van der Waals surface area contributed by atoms with Crippen LogP contribution in [-0.2, 0) is 14.3 Å². The van der Waals surface area contributed by atoms with Crippen molar-refractivity contribution in [2.75, 3.05) is 0 Å². The van der Waals surface area contributed by atoms with Gasteiger partial charge in [-0.3, -0.25) is 9.59 Å². The maximum atomic E-state index is 11.4. The van der Waals surface area contributed by atoms with Gasteiger partial charge in [-0.1, -0.05) is 6.08 Å². The van der Waals surface area contributed by atoms with Gasteiger partial charge in [0.25, 0.3) is 0 Å². The second kappa shape index (κ2) is 4.79. The van der Waals surface area contributed by atoms with E-state index in [1.54, 1.807) is 20.8 Å². The number of carboxylic acids is 1. The molecule has 0 rings (SSSR count). The highest BCUT2D eigenvalue weighted by Crippen LogP contribution is 2.14. The van der Waals surface area contributed by atoms with Crippen molar-refractivity contribution in [3.05, 3.63) is 12.7 Å². The van der Waals surface area contributed by atoms with Crippen molar-refractivity contribution >= 4 is 11.9 Å². The Balaban J connectivity index is 4.33. The van der Waals surface area contributed by atoms with Crippen molar-refractivity contribution in [3.8, 4) is 0 Å². The summed E-state index contributed by atoms with van der Waals surface area (Å²) in [4.78, 5) is 21.8. The maximum Gasteiger partial charge on any atom is 0.313 e. The van der Waals surface area contributed by atoms with E-state index in [4.69, 9.17) is 9.84 Å². The van der Waals surface area contributed by atoms with Crippen LogP contribution in [0.3, 0.4) is 0 Å². The Morgan fingerprint density at radius 3 is 2.29 bits per heavy atom. The molecule has 0 aliphatic carbocycles. The molecule has 80 valence electrons. The Kier molecular flexibility index (Phi) is 4.34. The highest BCUT2D eigenvalue weighted by Gasteiger charge is 2.24. The van der Waals surface area contributed by atoms with Gasteiger partial charge < -0.3 is 9.84 Å². The van der Waals surface area contributed by atoms with Gasteiger partial charge in [0.1, 0.15) is 5.60 Å². The molecule has 0 bridgehead atoms. The van der Waals surface area contributed by atoms with Gasteiger partial charge in [0.2, 0.25) is 0 Å². The number of carboxylic acid groups (broad SMARTS) is 1. The van der Waals surface area contributed by atoms with E-state index in [0.29, 0.717) is 0 Å². The lowest BCUT2D eigenvalue weighted by molar-refractivity contribution is -0.160. The third kappa shape index (κ3) is 5.35. The zero-order valence-electron chi connectivity index (χ0n) is 8.74. The quantitative estimate of drug-likeness (QED) is 0.553. The van der Waals surface area contributed by atoms with Crippen LogP contribution in [0.2, 0.25) is 0 Å². The highest BCUT2D eigenvalue weighted by atomic mass is 16.6. The van der Waals surface area contributed by atoms with Crippen LogP contribution in [0.1, 0.15) is 27.2 Å². The fourth-order valence-corrected chi connectivity index (χ4v) is 0.828. The van der Waals surface area contributed by atoms with Crippen molar-refractivity contribution < 1.29 is 19.4 Å². The number of rotatable bonds is 4. The van der Waals surface area contributed by atoms with Crippen LogP contribution in [0.25, 0.3) is 0 Å². The fraction of sp³-hybridized carbons (Fsp3) is 0.600. The maximum absolute atomic E-state index is 11.4. The SMILES string of the molecule is C=CC(CC(=O)O)C(=O)OC(C)(C)C. The first-order chi connectivity index (χ1) is 6.26. The van der Waals surface area contributed by atoms with Gasteiger partial charge in [-0.15, -0.1) is 6.58 Å². The number of carbonyl (C=O) groups excluding carboxylic acids is 1. The van der Waals surface area contributed by atoms with Crippen molar-refractivity contribution in [2.24, 2.45) is 5.92 Å². The van der Waals surface area contributed by atoms with E-state index in [9.17, 15) is 9.59 Å². The van der Waals surface area contributed by atoms with Gasteiger partial charge >= 0.3 is 11.9 Å². The highest BCUT2D eigenvalue weighted by molar-refractivity contribution is 5.80. The van der Waals surface area contributed by atoms with E-state index in [1.807, 2.05) is 0 Å². The van der Waals surface area contributed by atoms with Crippen LogP contribution in [0, 0.1) is 5.92 Å². The first kappa shape index (κ1) is 12.7. The molecule has 4 heteroatoms. The monoisotopic (exact) mass is 200 g/mol. The van der Waals surface area contributed by atoms with Gasteiger partial charge in [-0.05, 0) is 20.8 Å². The minimum Gasteiger partial charge on any atom is -0.481 e. The second-order valence-electron chi connectivity index (χ2n) is 3.97. The lowest BCUT2D eigenvalue weighted by atomic mass is 10.1. The summed E-state index contributed by atoms with van der Waals surface area (Å²) in [7, 11) is 0. The Hall–Kier alpha value is -1.32. The molecule has 4 nitrogen and oxygen atoms in total. The van der Waals surface area contributed by atoms with Crippen LogP contribution in [-0.4, -0.2) is 22.6 Å². The van der Waals surface area contributed by atoms with Gasteiger partial charge in [-0.2, -0.15) is 0 Å². The number of ether oxygens (including phenoxy) is 1. The molecule has 0 amide bonds. The summed E-state index contributed by atoms with van der Waals surface area (Å²) in [5.41, 5.74) is -0.600.